The van der Waals surface area contributed by atoms with Gasteiger partial charge in [-0.3, -0.25) is 4.79 Å². The zero-order valence-electron chi connectivity index (χ0n) is 10.6. The molecule has 0 spiro atoms. The maximum Gasteiger partial charge on any atom is 0.251 e. The predicted octanol–water partition coefficient (Wildman–Crippen LogP) is 0.783. The van der Waals surface area contributed by atoms with Crippen molar-refractivity contribution in [2.75, 3.05) is 28.3 Å². The molecule has 1 aromatic carbocycles. The molecule has 1 aromatic rings. The van der Waals surface area contributed by atoms with Crippen molar-refractivity contribution in [1.29, 1.82) is 0 Å². The Kier molecular flexibility index (Phi) is 4.78. The highest BCUT2D eigenvalue weighted by Crippen LogP contribution is 2.30. The van der Waals surface area contributed by atoms with E-state index in [4.69, 9.17) is 9.47 Å². The molecular weight excluding hydrogens is 220 g/mol. The number of carbonyl (C=O) groups is 1. The van der Waals surface area contributed by atoms with Crippen LogP contribution in [0, 0.1) is 0 Å². The Morgan fingerprint density at radius 3 is 2.06 bits per heavy atom. The molecule has 0 atom stereocenters. The third-order valence-corrected chi connectivity index (χ3v) is 2.45. The number of amides is 1. The molecule has 0 fully saturated rings. The highest BCUT2D eigenvalue weighted by molar-refractivity contribution is 5.95. The molecule has 17 heavy (non-hydrogen) atoms. The first-order valence-corrected chi connectivity index (χ1v) is 5.29. The lowest BCUT2D eigenvalue weighted by Crippen LogP contribution is -2.18. The Balaban J connectivity index is 3.28. The number of carbonyl (C=O) groups excluding carboxylic acids is 1. The van der Waals surface area contributed by atoms with Crippen molar-refractivity contribution in [2.45, 2.75) is 6.54 Å². The molecule has 2 N–H and O–H groups in total. The van der Waals surface area contributed by atoms with E-state index >= 15 is 0 Å². The molecule has 5 heteroatoms. The number of hydrogen-bond acceptors (Lipinski definition) is 4. The summed E-state index contributed by atoms with van der Waals surface area (Å²) in [6.45, 7) is 0.611. The van der Waals surface area contributed by atoms with Gasteiger partial charge in [0.1, 0.15) is 11.5 Å². The molecular formula is C12H18N2O3. The van der Waals surface area contributed by atoms with Crippen molar-refractivity contribution in [3.05, 3.63) is 23.3 Å². The maximum atomic E-state index is 11.6. The van der Waals surface area contributed by atoms with Crippen molar-refractivity contribution in [3.8, 4) is 11.5 Å². The summed E-state index contributed by atoms with van der Waals surface area (Å²) in [6.07, 6.45) is 0. The SMILES string of the molecule is CNCc1c(OC)cc(C(=O)NC)cc1OC. The van der Waals surface area contributed by atoms with Crippen LogP contribution in [0.5, 0.6) is 11.5 Å². The smallest absolute Gasteiger partial charge is 0.251 e. The van der Waals surface area contributed by atoms with Gasteiger partial charge in [-0.05, 0) is 19.2 Å². The molecule has 1 rings (SSSR count). The zero-order chi connectivity index (χ0) is 12.8. The number of methoxy groups -OCH3 is 2. The van der Waals surface area contributed by atoms with Crippen LogP contribution in [-0.2, 0) is 6.54 Å². The number of hydrogen-bond donors (Lipinski definition) is 2. The first-order chi connectivity index (χ1) is 8.17. The van der Waals surface area contributed by atoms with E-state index in [1.807, 2.05) is 7.05 Å². The van der Waals surface area contributed by atoms with Crippen molar-refractivity contribution in [3.63, 3.8) is 0 Å². The zero-order valence-corrected chi connectivity index (χ0v) is 10.6. The van der Waals surface area contributed by atoms with Gasteiger partial charge >= 0.3 is 0 Å². The first kappa shape index (κ1) is 13.3. The standard InChI is InChI=1S/C12H18N2O3/c1-13-7-9-10(16-3)5-8(12(15)14-2)6-11(9)17-4/h5-6,13H,7H2,1-4H3,(H,14,15). The van der Waals surface area contributed by atoms with Gasteiger partial charge in [0.25, 0.3) is 5.91 Å². The summed E-state index contributed by atoms with van der Waals surface area (Å²) in [5.41, 5.74) is 1.41. The van der Waals surface area contributed by atoms with Gasteiger partial charge < -0.3 is 20.1 Å². The Morgan fingerprint density at radius 2 is 1.71 bits per heavy atom. The number of ether oxygens (including phenoxy) is 2. The van der Waals surface area contributed by atoms with Crippen LogP contribution < -0.4 is 20.1 Å². The fraction of sp³-hybridized carbons (Fsp3) is 0.417. The number of nitrogens with one attached hydrogen (secondary N) is 2. The molecule has 0 aliphatic rings. The van der Waals surface area contributed by atoms with Gasteiger partial charge in [-0.25, -0.2) is 0 Å². The summed E-state index contributed by atoms with van der Waals surface area (Å²) < 4.78 is 10.6. The minimum Gasteiger partial charge on any atom is -0.496 e. The van der Waals surface area contributed by atoms with Gasteiger partial charge in [0, 0.05) is 24.7 Å². The van der Waals surface area contributed by atoms with Crippen molar-refractivity contribution in [1.82, 2.24) is 10.6 Å². The molecule has 0 aliphatic carbocycles. The van der Waals surface area contributed by atoms with E-state index < -0.39 is 0 Å². The van der Waals surface area contributed by atoms with Gasteiger partial charge in [0.15, 0.2) is 0 Å². The van der Waals surface area contributed by atoms with Gasteiger partial charge in [-0.1, -0.05) is 0 Å². The topological polar surface area (TPSA) is 59.6 Å². The second kappa shape index (κ2) is 6.10. The van der Waals surface area contributed by atoms with Gasteiger partial charge in [0.05, 0.1) is 14.2 Å². The third kappa shape index (κ3) is 2.88. The lowest BCUT2D eigenvalue weighted by molar-refractivity contribution is 0.0962. The molecule has 0 aromatic heterocycles. The highest BCUT2D eigenvalue weighted by atomic mass is 16.5. The van der Waals surface area contributed by atoms with Gasteiger partial charge in [0.2, 0.25) is 0 Å². The predicted molar refractivity (Wildman–Crippen MR) is 65.7 cm³/mol. The minimum atomic E-state index is -0.169. The number of benzene rings is 1. The van der Waals surface area contributed by atoms with Crippen LogP contribution in [0.25, 0.3) is 0 Å². The summed E-state index contributed by atoms with van der Waals surface area (Å²) in [7, 11) is 6.57. The first-order valence-electron chi connectivity index (χ1n) is 5.29. The minimum absolute atomic E-state index is 0.169. The van der Waals surface area contributed by atoms with Gasteiger partial charge in [-0.15, -0.1) is 0 Å². The van der Waals surface area contributed by atoms with E-state index in [0.717, 1.165) is 5.56 Å². The van der Waals surface area contributed by atoms with Crippen LogP contribution in [0.15, 0.2) is 12.1 Å². The highest BCUT2D eigenvalue weighted by Gasteiger charge is 2.14. The third-order valence-electron chi connectivity index (χ3n) is 2.45. The molecule has 0 bridgehead atoms. The second-order valence-electron chi connectivity index (χ2n) is 3.47. The summed E-state index contributed by atoms with van der Waals surface area (Å²) >= 11 is 0. The molecule has 0 unspecified atom stereocenters. The summed E-state index contributed by atoms with van der Waals surface area (Å²) in [5, 5.41) is 5.61. The fourth-order valence-corrected chi connectivity index (χ4v) is 1.61. The molecule has 1 amide bonds. The molecule has 0 heterocycles. The summed E-state index contributed by atoms with van der Waals surface area (Å²) in [6, 6.07) is 3.40. The van der Waals surface area contributed by atoms with E-state index in [0.29, 0.717) is 23.6 Å². The average Bonchev–Trinajstić information content (AvgIpc) is 2.38. The molecule has 94 valence electrons. The largest absolute Gasteiger partial charge is 0.496 e. The molecule has 0 radical (unpaired) electrons. The van der Waals surface area contributed by atoms with Crippen LogP contribution >= 0.6 is 0 Å². The quantitative estimate of drug-likeness (QED) is 0.796. The Hall–Kier alpha value is -1.75. The van der Waals surface area contributed by atoms with Crippen LogP contribution in [-0.4, -0.2) is 34.2 Å². The second-order valence-corrected chi connectivity index (χ2v) is 3.47. The summed E-state index contributed by atoms with van der Waals surface area (Å²) in [4.78, 5) is 11.6. The maximum absolute atomic E-state index is 11.6. The van der Waals surface area contributed by atoms with E-state index in [-0.39, 0.29) is 5.91 Å². The average molecular weight is 238 g/mol. The fourth-order valence-electron chi connectivity index (χ4n) is 1.61. The van der Waals surface area contributed by atoms with E-state index in [9.17, 15) is 4.79 Å². The Labute approximate surface area is 101 Å². The lowest BCUT2D eigenvalue weighted by atomic mass is 10.1. The van der Waals surface area contributed by atoms with Gasteiger partial charge in [-0.2, -0.15) is 0 Å². The monoisotopic (exact) mass is 238 g/mol. The number of rotatable bonds is 5. The molecule has 0 saturated carbocycles. The van der Waals surface area contributed by atoms with Crippen molar-refractivity contribution in [2.24, 2.45) is 0 Å². The van der Waals surface area contributed by atoms with Crippen LogP contribution in [0.4, 0.5) is 0 Å². The van der Waals surface area contributed by atoms with E-state index in [2.05, 4.69) is 10.6 Å². The van der Waals surface area contributed by atoms with Crippen LogP contribution in [0.2, 0.25) is 0 Å². The van der Waals surface area contributed by atoms with E-state index in [1.165, 1.54) is 0 Å². The van der Waals surface area contributed by atoms with E-state index in [1.54, 1.807) is 33.4 Å². The normalized spacial score (nSPS) is 9.88. The lowest BCUT2D eigenvalue weighted by Gasteiger charge is -2.14. The molecule has 5 nitrogen and oxygen atoms in total. The Bertz CT molecular complexity index is 380. The van der Waals surface area contributed by atoms with Crippen molar-refractivity contribution >= 4 is 5.91 Å². The van der Waals surface area contributed by atoms with Crippen LogP contribution in [0.1, 0.15) is 15.9 Å². The molecule has 0 saturated heterocycles. The van der Waals surface area contributed by atoms with Crippen molar-refractivity contribution < 1.29 is 14.3 Å². The molecule has 0 aliphatic heterocycles. The summed E-state index contributed by atoms with van der Waals surface area (Å²) in [5.74, 6) is 1.10. The van der Waals surface area contributed by atoms with Crippen LogP contribution in [0.3, 0.4) is 0 Å². The Morgan fingerprint density at radius 1 is 1.18 bits per heavy atom.